The number of benzene rings is 2. The Hall–Kier alpha value is -1.74. The molecule has 3 nitrogen and oxygen atoms in total. The lowest BCUT2D eigenvalue weighted by atomic mass is 10.0. The normalized spacial score (nSPS) is 10.6. The van der Waals surface area contributed by atoms with Crippen molar-refractivity contribution in [2.45, 2.75) is 6.42 Å². The van der Waals surface area contributed by atoms with Crippen molar-refractivity contribution in [3.05, 3.63) is 40.9 Å². The molecule has 0 atom stereocenters. The Kier molecular flexibility index (Phi) is 2.71. The zero-order valence-corrected chi connectivity index (χ0v) is 9.03. The van der Waals surface area contributed by atoms with Gasteiger partial charge in [0.05, 0.1) is 6.42 Å². The summed E-state index contributed by atoms with van der Waals surface area (Å²) < 4.78 is 0. The summed E-state index contributed by atoms with van der Waals surface area (Å²) in [5.74, 6) is -0.887. The number of aliphatic carboxylic acids is 1. The Morgan fingerprint density at radius 3 is 2.69 bits per heavy atom. The SMILES string of the molecule is O=C(O)Cc1cc(O)c2cccc(Cl)c2c1. The number of hydrogen-bond donors (Lipinski definition) is 2. The van der Waals surface area contributed by atoms with Gasteiger partial charge >= 0.3 is 5.97 Å². The molecule has 0 saturated heterocycles. The molecule has 2 N–H and O–H groups in total. The maximum Gasteiger partial charge on any atom is 0.307 e. The number of carboxylic acids is 1. The first-order valence-electron chi connectivity index (χ1n) is 4.70. The number of halogens is 1. The second kappa shape index (κ2) is 4.02. The molecule has 0 unspecified atom stereocenters. The van der Waals surface area contributed by atoms with Crippen LogP contribution in [0.3, 0.4) is 0 Å². The molecule has 0 aliphatic rings. The van der Waals surface area contributed by atoms with Gasteiger partial charge in [-0.15, -0.1) is 0 Å². The van der Waals surface area contributed by atoms with E-state index in [9.17, 15) is 9.90 Å². The molecule has 0 saturated carbocycles. The van der Waals surface area contributed by atoms with E-state index in [1.807, 2.05) is 0 Å². The summed E-state index contributed by atoms with van der Waals surface area (Å²) in [6.45, 7) is 0. The maximum absolute atomic E-state index is 10.6. The highest BCUT2D eigenvalue weighted by Crippen LogP contribution is 2.31. The lowest BCUT2D eigenvalue weighted by molar-refractivity contribution is -0.136. The molecule has 0 aromatic heterocycles. The first-order valence-corrected chi connectivity index (χ1v) is 5.07. The van der Waals surface area contributed by atoms with Gasteiger partial charge in [-0.2, -0.15) is 0 Å². The van der Waals surface area contributed by atoms with E-state index >= 15 is 0 Å². The van der Waals surface area contributed by atoms with E-state index in [0.29, 0.717) is 21.4 Å². The Morgan fingerprint density at radius 1 is 1.25 bits per heavy atom. The Labute approximate surface area is 96.9 Å². The molecule has 0 spiro atoms. The first-order chi connectivity index (χ1) is 7.58. The highest BCUT2D eigenvalue weighted by Gasteiger charge is 2.08. The Morgan fingerprint density at radius 2 is 2.00 bits per heavy atom. The molecular formula is C12H9ClO3. The molecule has 2 rings (SSSR count). The third kappa shape index (κ3) is 1.95. The standard InChI is InChI=1S/C12H9ClO3/c13-10-3-1-2-8-9(10)4-7(5-11(8)14)6-12(15)16/h1-5,14H,6H2,(H,15,16). The predicted octanol–water partition coefficient (Wildman–Crippen LogP) is 2.83. The summed E-state index contributed by atoms with van der Waals surface area (Å²) in [5.41, 5.74) is 0.533. The van der Waals surface area contributed by atoms with Crippen LogP contribution >= 0.6 is 11.6 Å². The molecule has 16 heavy (non-hydrogen) atoms. The van der Waals surface area contributed by atoms with Crippen LogP contribution in [0.15, 0.2) is 30.3 Å². The number of fused-ring (bicyclic) bond motifs is 1. The molecule has 0 heterocycles. The lowest BCUT2D eigenvalue weighted by Crippen LogP contribution is -1.99. The molecule has 0 aliphatic carbocycles. The minimum absolute atomic E-state index is 0.0521. The van der Waals surface area contributed by atoms with E-state index in [1.54, 1.807) is 24.3 Å². The summed E-state index contributed by atoms with van der Waals surface area (Å²) in [5, 5.41) is 20.2. The van der Waals surface area contributed by atoms with Crippen LogP contribution in [0.4, 0.5) is 0 Å². The number of carbonyl (C=O) groups is 1. The average molecular weight is 237 g/mol. The van der Waals surface area contributed by atoms with Gasteiger partial charge in [-0.1, -0.05) is 23.7 Å². The average Bonchev–Trinajstić information content (AvgIpc) is 2.19. The van der Waals surface area contributed by atoms with Crippen molar-refractivity contribution in [2.75, 3.05) is 0 Å². The van der Waals surface area contributed by atoms with Gasteiger partial charge in [-0.05, 0) is 23.8 Å². The molecule has 0 fully saturated rings. The highest BCUT2D eigenvalue weighted by molar-refractivity contribution is 6.35. The topological polar surface area (TPSA) is 57.5 Å². The quantitative estimate of drug-likeness (QED) is 0.843. The minimum Gasteiger partial charge on any atom is -0.507 e. The summed E-state index contributed by atoms with van der Waals surface area (Å²) in [4.78, 5) is 10.6. The molecule has 0 radical (unpaired) electrons. The summed E-state index contributed by atoms with van der Waals surface area (Å²) in [7, 11) is 0. The number of hydrogen-bond acceptors (Lipinski definition) is 2. The van der Waals surface area contributed by atoms with E-state index in [2.05, 4.69) is 0 Å². The molecular weight excluding hydrogens is 228 g/mol. The fraction of sp³-hybridized carbons (Fsp3) is 0.0833. The molecule has 82 valence electrons. The summed E-state index contributed by atoms with van der Waals surface area (Å²) in [6, 6.07) is 8.31. The lowest BCUT2D eigenvalue weighted by Gasteiger charge is -2.05. The minimum atomic E-state index is -0.939. The van der Waals surface area contributed by atoms with Crippen molar-refractivity contribution in [1.82, 2.24) is 0 Å². The van der Waals surface area contributed by atoms with Crippen LogP contribution in [-0.4, -0.2) is 16.2 Å². The van der Waals surface area contributed by atoms with Crippen LogP contribution in [0.2, 0.25) is 5.02 Å². The van der Waals surface area contributed by atoms with E-state index in [-0.39, 0.29) is 12.2 Å². The van der Waals surface area contributed by atoms with Crippen LogP contribution in [-0.2, 0) is 11.2 Å². The number of rotatable bonds is 2. The summed E-state index contributed by atoms with van der Waals surface area (Å²) in [6.07, 6.45) is -0.130. The van der Waals surface area contributed by atoms with Gasteiger partial charge in [-0.25, -0.2) is 0 Å². The highest BCUT2D eigenvalue weighted by atomic mass is 35.5. The van der Waals surface area contributed by atoms with Gasteiger partial charge in [0.2, 0.25) is 0 Å². The second-order valence-electron chi connectivity index (χ2n) is 3.52. The van der Waals surface area contributed by atoms with Crippen LogP contribution in [0.1, 0.15) is 5.56 Å². The van der Waals surface area contributed by atoms with Gasteiger partial charge in [0, 0.05) is 15.8 Å². The first kappa shape index (κ1) is 10.8. The summed E-state index contributed by atoms with van der Waals surface area (Å²) >= 11 is 5.98. The van der Waals surface area contributed by atoms with Gasteiger partial charge < -0.3 is 10.2 Å². The van der Waals surface area contributed by atoms with E-state index in [0.717, 1.165) is 0 Å². The van der Waals surface area contributed by atoms with Gasteiger partial charge in [-0.3, -0.25) is 4.79 Å². The molecule has 0 aliphatic heterocycles. The number of carboxylic acid groups (broad SMARTS) is 1. The zero-order chi connectivity index (χ0) is 11.7. The molecule has 0 bridgehead atoms. The van der Waals surface area contributed by atoms with Gasteiger partial charge in [0.1, 0.15) is 5.75 Å². The predicted molar refractivity (Wildman–Crippen MR) is 62.0 cm³/mol. The third-order valence-electron chi connectivity index (χ3n) is 2.34. The van der Waals surface area contributed by atoms with Crippen molar-refractivity contribution < 1.29 is 15.0 Å². The Bertz CT molecular complexity index is 563. The molecule has 0 amide bonds. The third-order valence-corrected chi connectivity index (χ3v) is 2.67. The molecule has 2 aromatic carbocycles. The van der Waals surface area contributed by atoms with Crippen LogP contribution in [0, 0.1) is 0 Å². The van der Waals surface area contributed by atoms with Crippen LogP contribution in [0.5, 0.6) is 5.75 Å². The zero-order valence-electron chi connectivity index (χ0n) is 8.27. The van der Waals surface area contributed by atoms with E-state index in [1.165, 1.54) is 6.07 Å². The number of phenolic OH excluding ortho intramolecular Hbond substituents is 1. The maximum atomic E-state index is 10.6. The van der Waals surface area contributed by atoms with Crippen LogP contribution < -0.4 is 0 Å². The van der Waals surface area contributed by atoms with E-state index in [4.69, 9.17) is 16.7 Å². The molecule has 4 heteroatoms. The van der Waals surface area contributed by atoms with E-state index < -0.39 is 5.97 Å². The monoisotopic (exact) mass is 236 g/mol. The van der Waals surface area contributed by atoms with Crippen molar-refractivity contribution in [1.29, 1.82) is 0 Å². The number of aromatic hydroxyl groups is 1. The van der Waals surface area contributed by atoms with Crippen molar-refractivity contribution in [3.8, 4) is 5.75 Å². The number of phenols is 1. The van der Waals surface area contributed by atoms with Crippen molar-refractivity contribution >= 4 is 28.3 Å². The second-order valence-corrected chi connectivity index (χ2v) is 3.93. The van der Waals surface area contributed by atoms with Gasteiger partial charge in [0.15, 0.2) is 0 Å². The Balaban J connectivity index is 2.65. The largest absolute Gasteiger partial charge is 0.507 e. The van der Waals surface area contributed by atoms with Gasteiger partial charge in [0.25, 0.3) is 0 Å². The van der Waals surface area contributed by atoms with Crippen LogP contribution in [0.25, 0.3) is 10.8 Å². The fourth-order valence-corrected chi connectivity index (χ4v) is 1.89. The van der Waals surface area contributed by atoms with Crippen molar-refractivity contribution in [2.24, 2.45) is 0 Å². The fourth-order valence-electron chi connectivity index (χ4n) is 1.66. The smallest absolute Gasteiger partial charge is 0.307 e. The molecule has 2 aromatic rings. The van der Waals surface area contributed by atoms with Crippen molar-refractivity contribution in [3.63, 3.8) is 0 Å².